The number of aliphatic hydroxyl groups is 4. The molecule has 0 bridgehead atoms. The van der Waals surface area contributed by atoms with Crippen molar-refractivity contribution in [3.63, 3.8) is 0 Å². The Hall–Kier alpha value is -3.35. The maximum atomic E-state index is 12.5. The Morgan fingerprint density at radius 2 is 1.58 bits per heavy atom. The lowest BCUT2D eigenvalue weighted by Crippen LogP contribution is -2.60. The van der Waals surface area contributed by atoms with E-state index in [4.69, 9.17) is 28.4 Å². The second-order valence-electron chi connectivity index (χ2n) is 9.01. The molecule has 11 heteroatoms. The molecule has 0 radical (unpaired) electrons. The molecule has 4 N–H and O–H groups in total. The first-order valence-electron chi connectivity index (χ1n) is 12.0. The minimum absolute atomic E-state index is 0.184. The standard InChI is InChI=1S/C27H32O11/c1-33-18-6-4-14(10-20(18)34-2)8-16-13-36-26(32)17(16)9-15-5-7-19(21(11-15)35-3)37-27-25(31)24(30)23(29)22(12-28)38-27/h4-7,9-11,16,22-25,27-31H,8,12-13H2,1-3H3/b17-9+. The minimum atomic E-state index is -1.57. The van der Waals surface area contributed by atoms with E-state index in [1.807, 2.05) is 18.2 Å². The SMILES string of the molecule is COc1ccc(CC2COC(=O)/C2=C/c2ccc(OC3OC(CO)C(O)C(O)C3O)c(OC)c2)cc1OC. The molecule has 6 unspecified atom stereocenters. The van der Waals surface area contributed by atoms with Gasteiger partial charge in [-0.05, 0) is 47.9 Å². The monoisotopic (exact) mass is 532 g/mol. The van der Waals surface area contributed by atoms with Crippen molar-refractivity contribution in [2.75, 3.05) is 34.5 Å². The molecule has 0 amide bonds. The number of hydrogen-bond acceptors (Lipinski definition) is 11. The van der Waals surface area contributed by atoms with Gasteiger partial charge in [-0.2, -0.15) is 0 Å². The van der Waals surface area contributed by atoms with Crippen LogP contribution in [-0.2, 0) is 20.7 Å². The summed E-state index contributed by atoms with van der Waals surface area (Å²) in [6.45, 7) is -0.330. The molecular weight excluding hydrogens is 500 g/mol. The van der Waals surface area contributed by atoms with Gasteiger partial charge in [0.25, 0.3) is 0 Å². The number of aliphatic hydroxyl groups excluding tert-OH is 4. The molecule has 206 valence electrons. The third-order valence-corrected chi connectivity index (χ3v) is 6.62. The predicted octanol–water partition coefficient (Wildman–Crippen LogP) is 0.690. The van der Waals surface area contributed by atoms with Crippen molar-refractivity contribution < 1.29 is 53.6 Å². The molecule has 0 saturated carbocycles. The molecular formula is C27H32O11. The van der Waals surface area contributed by atoms with Gasteiger partial charge in [0.05, 0.1) is 34.5 Å². The molecule has 38 heavy (non-hydrogen) atoms. The average Bonchev–Trinajstić information content (AvgIpc) is 3.27. The Balaban J connectivity index is 1.53. The van der Waals surface area contributed by atoms with E-state index in [-0.39, 0.29) is 24.0 Å². The number of esters is 1. The summed E-state index contributed by atoms with van der Waals surface area (Å²) < 4.78 is 32.6. The van der Waals surface area contributed by atoms with Gasteiger partial charge in [-0.25, -0.2) is 4.79 Å². The van der Waals surface area contributed by atoms with Crippen molar-refractivity contribution >= 4 is 12.0 Å². The smallest absolute Gasteiger partial charge is 0.334 e. The molecule has 2 aliphatic heterocycles. The van der Waals surface area contributed by atoms with Crippen LogP contribution in [0, 0.1) is 5.92 Å². The summed E-state index contributed by atoms with van der Waals surface area (Å²) in [5.41, 5.74) is 2.11. The van der Waals surface area contributed by atoms with Gasteiger partial charge in [0.1, 0.15) is 24.4 Å². The van der Waals surface area contributed by atoms with E-state index < -0.39 is 43.3 Å². The molecule has 2 saturated heterocycles. The number of hydrogen-bond donors (Lipinski definition) is 4. The minimum Gasteiger partial charge on any atom is -0.493 e. The molecule has 0 spiro atoms. The number of cyclic esters (lactones) is 1. The maximum Gasteiger partial charge on any atom is 0.334 e. The van der Waals surface area contributed by atoms with Gasteiger partial charge < -0.3 is 48.8 Å². The Kier molecular flexibility index (Phi) is 8.75. The predicted molar refractivity (Wildman–Crippen MR) is 133 cm³/mol. The third kappa shape index (κ3) is 5.71. The molecule has 2 aromatic carbocycles. The van der Waals surface area contributed by atoms with Crippen molar-refractivity contribution in [1.82, 2.24) is 0 Å². The first-order chi connectivity index (χ1) is 18.3. The van der Waals surface area contributed by atoms with Gasteiger partial charge in [-0.15, -0.1) is 0 Å². The molecule has 2 fully saturated rings. The fraction of sp³-hybridized carbons (Fsp3) is 0.444. The van der Waals surface area contributed by atoms with Crippen LogP contribution in [0.2, 0.25) is 0 Å². The number of carbonyl (C=O) groups is 1. The molecule has 2 aromatic rings. The van der Waals surface area contributed by atoms with Gasteiger partial charge in [-0.3, -0.25) is 0 Å². The summed E-state index contributed by atoms with van der Waals surface area (Å²) in [6, 6.07) is 10.5. The summed E-state index contributed by atoms with van der Waals surface area (Å²) in [6.07, 6.45) is -4.83. The Bertz CT molecular complexity index is 1160. The van der Waals surface area contributed by atoms with Gasteiger partial charge in [0.15, 0.2) is 23.0 Å². The zero-order chi connectivity index (χ0) is 27.4. The lowest BCUT2D eigenvalue weighted by atomic mass is 9.92. The molecule has 4 rings (SSSR count). The second kappa shape index (κ2) is 12.0. The van der Waals surface area contributed by atoms with Crippen LogP contribution in [0.1, 0.15) is 11.1 Å². The van der Waals surface area contributed by atoms with Gasteiger partial charge >= 0.3 is 5.97 Å². The van der Waals surface area contributed by atoms with E-state index in [2.05, 4.69) is 0 Å². The van der Waals surface area contributed by atoms with E-state index in [0.717, 1.165) is 5.56 Å². The van der Waals surface area contributed by atoms with Crippen LogP contribution < -0.4 is 18.9 Å². The normalized spacial score (nSPS) is 28.2. The number of ether oxygens (including phenoxy) is 6. The topological polar surface area (TPSA) is 153 Å². The molecule has 2 heterocycles. The fourth-order valence-corrected chi connectivity index (χ4v) is 4.49. The first kappa shape index (κ1) is 27.7. The molecule has 2 aliphatic rings. The molecule has 6 atom stereocenters. The highest BCUT2D eigenvalue weighted by Gasteiger charge is 2.45. The molecule has 11 nitrogen and oxygen atoms in total. The highest BCUT2D eigenvalue weighted by atomic mass is 16.7. The van der Waals surface area contributed by atoms with Crippen molar-refractivity contribution in [2.24, 2.45) is 5.92 Å². The maximum absolute atomic E-state index is 12.5. The Morgan fingerprint density at radius 1 is 0.895 bits per heavy atom. The zero-order valence-corrected chi connectivity index (χ0v) is 21.3. The van der Waals surface area contributed by atoms with Crippen LogP contribution in [0.25, 0.3) is 6.08 Å². The van der Waals surface area contributed by atoms with Crippen LogP contribution in [0.4, 0.5) is 0 Å². The number of carbonyl (C=O) groups excluding carboxylic acids is 1. The van der Waals surface area contributed by atoms with Gasteiger partial charge in [0.2, 0.25) is 6.29 Å². The highest BCUT2D eigenvalue weighted by Crippen LogP contribution is 2.35. The van der Waals surface area contributed by atoms with Crippen LogP contribution >= 0.6 is 0 Å². The van der Waals surface area contributed by atoms with Crippen LogP contribution in [0.3, 0.4) is 0 Å². The summed E-state index contributed by atoms with van der Waals surface area (Å²) in [4.78, 5) is 12.5. The average molecular weight is 533 g/mol. The van der Waals surface area contributed by atoms with Crippen molar-refractivity contribution in [2.45, 2.75) is 37.1 Å². The fourth-order valence-electron chi connectivity index (χ4n) is 4.49. The first-order valence-corrected chi connectivity index (χ1v) is 12.0. The number of rotatable bonds is 9. The highest BCUT2D eigenvalue weighted by molar-refractivity contribution is 5.96. The summed E-state index contributed by atoms with van der Waals surface area (Å²) in [5, 5.41) is 39.7. The van der Waals surface area contributed by atoms with Crippen molar-refractivity contribution in [3.05, 3.63) is 53.1 Å². The van der Waals surface area contributed by atoms with E-state index in [1.54, 1.807) is 38.5 Å². The Morgan fingerprint density at radius 3 is 2.26 bits per heavy atom. The molecule has 0 aliphatic carbocycles. The number of methoxy groups -OCH3 is 3. The van der Waals surface area contributed by atoms with Crippen molar-refractivity contribution in [1.29, 1.82) is 0 Å². The lowest BCUT2D eigenvalue weighted by Gasteiger charge is -2.39. The van der Waals surface area contributed by atoms with Crippen LogP contribution in [0.15, 0.2) is 42.0 Å². The van der Waals surface area contributed by atoms with E-state index >= 15 is 0 Å². The summed E-state index contributed by atoms with van der Waals surface area (Å²) in [5.74, 6) is 1.09. The van der Waals surface area contributed by atoms with Gasteiger partial charge in [-0.1, -0.05) is 12.1 Å². The molecule has 0 aromatic heterocycles. The van der Waals surface area contributed by atoms with Crippen molar-refractivity contribution in [3.8, 4) is 23.0 Å². The van der Waals surface area contributed by atoms with Crippen LogP contribution in [-0.4, -0.2) is 91.6 Å². The number of benzene rings is 2. The van der Waals surface area contributed by atoms with E-state index in [9.17, 15) is 25.2 Å². The van der Waals surface area contributed by atoms with Gasteiger partial charge in [0, 0.05) is 11.5 Å². The lowest BCUT2D eigenvalue weighted by molar-refractivity contribution is -0.277. The summed E-state index contributed by atoms with van der Waals surface area (Å²) >= 11 is 0. The zero-order valence-electron chi connectivity index (χ0n) is 21.3. The van der Waals surface area contributed by atoms with E-state index in [1.165, 1.54) is 7.11 Å². The quantitative estimate of drug-likeness (QED) is 0.266. The largest absolute Gasteiger partial charge is 0.493 e. The third-order valence-electron chi connectivity index (χ3n) is 6.62. The van der Waals surface area contributed by atoms with Crippen LogP contribution in [0.5, 0.6) is 23.0 Å². The second-order valence-corrected chi connectivity index (χ2v) is 9.01. The summed E-state index contributed by atoms with van der Waals surface area (Å²) in [7, 11) is 4.56. The van der Waals surface area contributed by atoms with E-state index in [0.29, 0.717) is 29.1 Å². The Labute approximate surface area is 219 Å².